The van der Waals surface area contributed by atoms with E-state index in [9.17, 15) is 9.59 Å². The zero-order valence-electron chi connectivity index (χ0n) is 17.8. The van der Waals surface area contributed by atoms with Gasteiger partial charge in [0.05, 0.1) is 45.8 Å². The van der Waals surface area contributed by atoms with Crippen LogP contribution in [0.3, 0.4) is 0 Å². The number of carbonyl (C=O) groups is 2. The van der Waals surface area contributed by atoms with E-state index in [1.807, 2.05) is 6.20 Å². The van der Waals surface area contributed by atoms with Gasteiger partial charge < -0.3 is 29.3 Å². The van der Waals surface area contributed by atoms with Crippen molar-refractivity contribution in [3.8, 4) is 17.2 Å². The van der Waals surface area contributed by atoms with Crippen LogP contribution in [0, 0.1) is 0 Å². The Morgan fingerprint density at radius 3 is 2.45 bits per heavy atom. The van der Waals surface area contributed by atoms with E-state index < -0.39 is 0 Å². The highest BCUT2D eigenvalue weighted by atomic mass is 16.5. The fourth-order valence-electron chi connectivity index (χ4n) is 3.78. The van der Waals surface area contributed by atoms with Gasteiger partial charge in [-0.05, 0) is 6.42 Å². The van der Waals surface area contributed by atoms with Gasteiger partial charge in [-0.15, -0.1) is 5.10 Å². The van der Waals surface area contributed by atoms with Gasteiger partial charge in [0.15, 0.2) is 11.5 Å². The van der Waals surface area contributed by atoms with Crippen LogP contribution in [0.2, 0.25) is 0 Å². The van der Waals surface area contributed by atoms with Crippen LogP contribution in [0.4, 0.5) is 10.5 Å². The molecule has 0 atom stereocenters. The van der Waals surface area contributed by atoms with Crippen LogP contribution in [0.15, 0.2) is 18.3 Å². The zero-order valence-corrected chi connectivity index (χ0v) is 17.8. The SMILES string of the molecule is COc1cc(NC(=O)N2CC(n3cc(CN4CCCC4=O)nn3)C2)cc(OC)c1OC. The molecule has 11 nitrogen and oxygen atoms in total. The van der Waals surface area contributed by atoms with Crippen molar-refractivity contribution in [3.05, 3.63) is 24.0 Å². The summed E-state index contributed by atoms with van der Waals surface area (Å²) in [6, 6.07) is 3.19. The number of likely N-dealkylation sites (tertiary alicyclic amines) is 2. The van der Waals surface area contributed by atoms with Crippen molar-refractivity contribution in [2.45, 2.75) is 25.4 Å². The Hall–Kier alpha value is -3.50. The number of hydrogen-bond donors (Lipinski definition) is 1. The Labute approximate surface area is 179 Å². The van der Waals surface area contributed by atoms with Gasteiger partial charge >= 0.3 is 6.03 Å². The second kappa shape index (κ2) is 8.70. The molecule has 2 saturated heterocycles. The normalized spacial score (nSPS) is 16.3. The lowest BCUT2D eigenvalue weighted by molar-refractivity contribution is -0.128. The molecule has 2 fully saturated rings. The number of aromatic nitrogens is 3. The molecule has 11 heteroatoms. The largest absolute Gasteiger partial charge is 0.493 e. The van der Waals surface area contributed by atoms with Crippen molar-refractivity contribution >= 4 is 17.6 Å². The van der Waals surface area contributed by atoms with E-state index in [2.05, 4.69) is 15.6 Å². The lowest BCUT2D eigenvalue weighted by Crippen LogP contribution is -2.52. The number of methoxy groups -OCH3 is 3. The van der Waals surface area contributed by atoms with Crippen LogP contribution in [0.5, 0.6) is 17.2 Å². The number of benzene rings is 1. The number of ether oxygens (including phenoxy) is 3. The Balaban J connectivity index is 1.33. The molecule has 3 heterocycles. The van der Waals surface area contributed by atoms with Crippen LogP contribution in [-0.4, -0.2) is 77.7 Å². The highest BCUT2D eigenvalue weighted by Gasteiger charge is 2.33. The number of amides is 3. The number of nitrogens with zero attached hydrogens (tertiary/aromatic N) is 5. The lowest BCUT2D eigenvalue weighted by Gasteiger charge is -2.38. The smallest absolute Gasteiger partial charge is 0.321 e. The summed E-state index contributed by atoms with van der Waals surface area (Å²) >= 11 is 0. The van der Waals surface area contributed by atoms with E-state index in [0.717, 1.165) is 18.7 Å². The van der Waals surface area contributed by atoms with Crippen LogP contribution in [-0.2, 0) is 11.3 Å². The zero-order chi connectivity index (χ0) is 22.0. The van der Waals surface area contributed by atoms with Crippen LogP contribution >= 0.6 is 0 Å². The quantitative estimate of drug-likeness (QED) is 0.709. The lowest BCUT2D eigenvalue weighted by atomic mass is 10.1. The van der Waals surface area contributed by atoms with E-state index >= 15 is 0 Å². The summed E-state index contributed by atoms with van der Waals surface area (Å²) in [6.07, 6.45) is 3.35. The second-order valence-electron chi connectivity index (χ2n) is 7.51. The molecule has 3 amide bonds. The number of rotatable bonds is 7. The molecule has 0 aliphatic carbocycles. The van der Waals surface area contributed by atoms with Crippen molar-refractivity contribution in [1.82, 2.24) is 24.8 Å². The van der Waals surface area contributed by atoms with Gasteiger partial charge in [-0.3, -0.25) is 4.79 Å². The highest BCUT2D eigenvalue weighted by Crippen LogP contribution is 2.40. The molecule has 2 aliphatic heterocycles. The predicted octanol–water partition coefficient (Wildman–Crippen LogP) is 1.52. The second-order valence-corrected chi connectivity index (χ2v) is 7.51. The van der Waals surface area contributed by atoms with Crippen molar-refractivity contribution in [3.63, 3.8) is 0 Å². The van der Waals surface area contributed by atoms with Crippen molar-refractivity contribution in [2.75, 3.05) is 46.3 Å². The van der Waals surface area contributed by atoms with E-state index in [0.29, 0.717) is 49.0 Å². The fraction of sp³-hybridized carbons (Fsp3) is 0.500. The molecule has 1 aromatic heterocycles. The highest BCUT2D eigenvalue weighted by molar-refractivity contribution is 5.90. The third-order valence-corrected chi connectivity index (χ3v) is 5.52. The number of anilines is 1. The topological polar surface area (TPSA) is 111 Å². The molecular formula is C20H26N6O5. The maximum atomic E-state index is 12.6. The Morgan fingerprint density at radius 1 is 1.16 bits per heavy atom. The molecular weight excluding hydrogens is 404 g/mol. The monoisotopic (exact) mass is 430 g/mol. The average Bonchev–Trinajstić information content (AvgIpc) is 3.35. The van der Waals surface area contributed by atoms with Crippen LogP contribution in [0.25, 0.3) is 0 Å². The summed E-state index contributed by atoms with van der Waals surface area (Å²) in [5, 5.41) is 11.2. The van der Waals surface area contributed by atoms with Crippen molar-refractivity contribution in [1.29, 1.82) is 0 Å². The molecule has 31 heavy (non-hydrogen) atoms. The van der Waals surface area contributed by atoms with Gasteiger partial charge in [-0.1, -0.05) is 5.21 Å². The van der Waals surface area contributed by atoms with E-state index in [1.165, 1.54) is 21.3 Å². The molecule has 1 N–H and O–H groups in total. The van der Waals surface area contributed by atoms with Gasteiger partial charge in [0, 0.05) is 38.2 Å². The molecule has 166 valence electrons. The number of carbonyl (C=O) groups excluding carboxylic acids is 2. The van der Waals surface area contributed by atoms with Gasteiger partial charge in [0.1, 0.15) is 5.69 Å². The van der Waals surface area contributed by atoms with Crippen LogP contribution in [0.1, 0.15) is 24.6 Å². The molecule has 0 unspecified atom stereocenters. The molecule has 4 rings (SSSR count). The summed E-state index contributed by atoms with van der Waals surface area (Å²) < 4.78 is 17.7. The average molecular weight is 430 g/mol. The van der Waals surface area contributed by atoms with Gasteiger partial charge in [0.25, 0.3) is 0 Å². The Bertz CT molecular complexity index is 946. The van der Waals surface area contributed by atoms with Gasteiger partial charge in [-0.25, -0.2) is 9.48 Å². The molecule has 0 saturated carbocycles. The Kier molecular flexibility index (Phi) is 5.83. The first-order valence-electron chi connectivity index (χ1n) is 10.1. The van der Waals surface area contributed by atoms with Gasteiger partial charge in [-0.2, -0.15) is 0 Å². The minimum Gasteiger partial charge on any atom is -0.493 e. The number of urea groups is 1. The minimum absolute atomic E-state index is 0.0567. The van der Waals surface area contributed by atoms with E-state index in [4.69, 9.17) is 14.2 Å². The summed E-state index contributed by atoms with van der Waals surface area (Å²) in [5.41, 5.74) is 1.30. The fourth-order valence-corrected chi connectivity index (χ4v) is 3.78. The minimum atomic E-state index is -0.228. The summed E-state index contributed by atoms with van der Waals surface area (Å²) in [6.45, 7) is 2.28. The summed E-state index contributed by atoms with van der Waals surface area (Å²) in [7, 11) is 4.57. The van der Waals surface area contributed by atoms with E-state index in [1.54, 1.807) is 26.6 Å². The third-order valence-electron chi connectivity index (χ3n) is 5.52. The van der Waals surface area contributed by atoms with Crippen LogP contribution < -0.4 is 19.5 Å². The Morgan fingerprint density at radius 2 is 1.87 bits per heavy atom. The molecule has 2 aliphatic rings. The molecule has 2 aromatic rings. The molecule has 0 spiro atoms. The number of hydrogen-bond acceptors (Lipinski definition) is 7. The standard InChI is InChI=1S/C20H26N6O5/c1-29-16-7-13(8-17(30-2)19(16)31-3)21-20(28)25-11-15(12-25)26-10-14(22-23-26)9-24-6-4-5-18(24)27/h7-8,10,15H,4-6,9,11-12H2,1-3H3,(H,21,28). The first-order valence-corrected chi connectivity index (χ1v) is 10.1. The summed E-state index contributed by atoms with van der Waals surface area (Å²) in [5.74, 6) is 1.55. The maximum Gasteiger partial charge on any atom is 0.321 e. The summed E-state index contributed by atoms with van der Waals surface area (Å²) in [4.78, 5) is 27.9. The first-order chi connectivity index (χ1) is 15.0. The van der Waals surface area contributed by atoms with Gasteiger partial charge in [0.2, 0.25) is 11.7 Å². The van der Waals surface area contributed by atoms with Crippen molar-refractivity contribution < 1.29 is 23.8 Å². The predicted molar refractivity (Wildman–Crippen MR) is 110 cm³/mol. The van der Waals surface area contributed by atoms with Crippen molar-refractivity contribution in [2.24, 2.45) is 0 Å². The molecule has 1 aromatic carbocycles. The first kappa shape index (κ1) is 20.8. The number of nitrogens with one attached hydrogen (secondary N) is 1. The van der Waals surface area contributed by atoms with E-state index in [-0.39, 0.29) is 18.0 Å². The third kappa shape index (κ3) is 4.21. The maximum absolute atomic E-state index is 12.6. The molecule has 0 bridgehead atoms. The molecule has 0 radical (unpaired) electrons.